The molecular weight excluding hydrogens is 375 g/mol. The molecule has 2 N–H and O–H groups in total. The third-order valence-electron chi connectivity index (χ3n) is 6.28. The predicted octanol–water partition coefficient (Wildman–Crippen LogP) is 3.21. The van der Waals surface area contributed by atoms with E-state index in [9.17, 15) is 18.8 Å². The van der Waals surface area contributed by atoms with Gasteiger partial charge in [-0.3, -0.25) is 14.4 Å². The molecule has 0 radical (unpaired) electrons. The number of anilines is 2. The zero-order valence-corrected chi connectivity index (χ0v) is 15.4. The third kappa shape index (κ3) is 3.06. The monoisotopic (exact) mass is 394 g/mol. The molecule has 2 aromatic carbocycles. The van der Waals surface area contributed by atoms with E-state index in [2.05, 4.69) is 10.6 Å². The topological polar surface area (TPSA) is 84.5 Å². The fourth-order valence-electron chi connectivity index (χ4n) is 5.06. The van der Waals surface area contributed by atoms with Gasteiger partial charge in [-0.1, -0.05) is 6.07 Å². The smallest absolute Gasteiger partial charge is 0.310 e. The van der Waals surface area contributed by atoms with Crippen molar-refractivity contribution in [3.05, 3.63) is 59.9 Å². The van der Waals surface area contributed by atoms with Crippen LogP contribution in [-0.2, 0) is 14.3 Å². The average molecular weight is 394 g/mol. The highest BCUT2D eigenvalue weighted by Crippen LogP contribution is 2.57. The van der Waals surface area contributed by atoms with Crippen LogP contribution in [0.2, 0.25) is 0 Å². The standard InChI is InChI=1S/C22H19FN2O4/c23-13-4-6-14(7-5-13)24-20(26)11-2-1-3-15(8-11)25-21(27)18-12-9-16-17(10-12)29-22(28)19(16)18/h1-8,12,16-19H,9-10H2,(H,24,26)(H,25,27)/t12-,16+,17-,18+,19+/m0/s1. The van der Waals surface area contributed by atoms with Gasteiger partial charge in [0.15, 0.2) is 0 Å². The van der Waals surface area contributed by atoms with E-state index in [1.54, 1.807) is 24.3 Å². The molecule has 2 saturated carbocycles. The maximum atomic E-state index is 13.0. The van der Waals surface area contributed by atoms with Gasteiger partial charge < -0.3 is 15.4 Å². The molecule has 0 aromatic heterocycles. The van der Waals surface area contributed by atoms with Gasteiger partial charge in [-0.15, -0.1) is 0 Å². The number of carbonyl (C=O) groups is 3. The summed E-state index contributed by atoms with van der Waals surface area (Å²) in [5, 5.41) is 5.55. The molecule has 1 heterocycles. The largest absolute Gasteiger partial charge is 0.462 e. The Bertz CT molecular complexity index is 1000. The van der Waals surface area contributed by atoms with Crippen LogP contribution in [0.4, 0.5) is 15.8 Å². The normalized spacial score (nSPS) is 28.9. The second-order valence-corrected chi connectivity index (χ2v) is 7.95. The fourth-order valence-corrected chi connectivity index (χ4v) is 5.06. The summed E-state index contributed by atoms with van der Waals surface area (Å²) >= 11 is 0. The van der Waals surface area contributed by atoms with Crippen molar-refractivity contribution in [1.29, 1.82) is 0 Å². The minimum atomic E-state index is -0.384. The molecule has 5 atom stereocenters. The van der Waals surface area contributed by atoms with E-state index in [1.807, 2.05) is 0 Å². The Hall–Kier alpha value is -3.22. The van der Waals surface area contributed by atoms with Crippen LogP contribution in [0.5, 0.6) is 0 Å². The second-order valence-electron chi connectivity index (χ2n) is 7.95. The summed E-state index contributed by atoms with van der Waals surface area (Å²) in [6, 6.07) is 12.1. The van der Waals surface area contributed by atoms with Gasteiger partial charge in [0.2, 0.25) is 5.91 Å². The van der Waals surface area contributed by atoms with Crippen molar-refractivity contribution in [3.63, 3.8) is 0 Å². The molecule has 1 saturated heterocycles. The minimum absolute atomic E-state index is 0.0139. The predicted molar refractivity (Wildman–Crippen MR) is 102 cm³/mol. The lowest BCUT2D eigenvalue weighted by Crippen LogP contribution is -2.35. The lowest BCUT2D eigenvalue weighted by molar-refractivity contribution is -0.145. The van der Waals surface area contributed by atoms with E-state index in [0.717, 1.165) is 12.8 Å². The van der Waals surface area contributed by atoms with Crippen molar-refractivity contribution in [1.82, 2.24) is 0 Å². The van der Waals surface area contributed by atoms with E-state index < -0.39 is 0 Å². The number of rotatable bonds is 4. The van der Waals surface area contributed by atoms with Gasteiger partial charge in [0.25, 0.3) is 5.91 Å². The summed E-state index contributed by atoms with van der Waals surface area (Å²) in [7, 11) is 0. The van der Waals surface area contributed by atoms with Crippen LogP contribution in [0.1, 0.15) is 23.2 Å². The second kappa shape index (κ2) is 6.69. The number of carbonyl (C=O) groups excluding carboxylic acids is 3. The van der Waals surface area contributed by atoms with Crippen molar-refractivity contribution >= 4 is 29.2 Å². The Kier molecular flexibility index (Phi) is 4.12. The molecule has 0 spiro atoms. The number of halogens is 1. The van der Waals surface area contributed by atoms with Crippen LogP contribution in [0, 0.1) is 29.5 Å². The number of hydrogen-bond acceptors (Lipinski definition) is 4. The van der Waals surface area contributed by atoms with E-state index >= 15 is 0 Å². The van der Waals surface area contributed by atoms with Gasteiger partial charge in [-0.2, -0.15) is 0 Å². The van der Waals surface area contributed by atoms with Crippen LogP contribution in [-0.4, -0.2) is 23.9 Å². The highest BCUT2D eigenvalue weighted by Gasteiger charge is 2.63. The quantitative estimate of drug-likeness (QED) is 0.780. The maximum absolute atomic E-state index is 13.0. The van der Waals surface area contributed by atoms with Crippen molar-refractivity contribution in [2.45, 2.75) is 18.9 Å². The van der Waals surface area contributed by atoms with E-state index in [-0.39, 0.29) is 53.4 Å². The first kappa shape index (κ1) is 17.8. The number of benzene rings is 2. The molecule has 2 bridgehead atoms. The molecule has 7 heteroatoms. The number of hydrogen-bond donors (Lipinski definition) is 2. The van der Waals surface area contributed by atoms with Crippen molar-refractivity contribution in [2.24, 2.45) is 23.7 Å². The number of ether oxygens (including phenoxy) is 1. The first-order valence-corrected chi connectivity index (χ1v) is 9.68. The van der Waals surface area contributed by atoms with E-state index in [0.29, 0.717) is 16.9 Å². The van der Waals surface area contributed by atoms with Crippen molar-refractivity contribution in [2.75, 3.05) is 10.6 Å². The Morgan fingerprint density at radius 2 is 1.79 bits per heavy atom. The molecule has 0 unspecified atom stereocenters. The average Bonchev–Trinajstić information content (AvgIpc) is 3.32. The molecule has 2 amide bonds. The molecule has 2 aliphatic carbocycles. The number of amides is 2. The lowest BCUT2D eigenvalue weighted by Gasteiger charge is -2.23. The Morgan fingerprint density at radius 1 is 1.00 bits per heavy atom. The highest BCUT2D eigenvalue weighted by atomic mass is 19.1. The van der Waals surface area contributed by atoms with Gasteiger partial charge in [-0.25, -0.2) is 4.39 Å². The van der Waals surface area contributed by atoms with Gasteiger partial charge >= 0.3 is 5.97 Å². The molecule has 2 aromatic rings. The van der Waals surface area contributed by atoms with Gasteiger partial charge in [0.05, 0.1) is 11.8 Å². The lowest BCUT2D eigenvalue weighted by atomic mass is 9.79. The summed E-state index contributed by atoms with van der Waals surface area (Å²) in [6.45, 7) is 0. The molecular formula is C22H19FN2O4. The summed E-state index contributed by atoms with van der Waals surface area (Å²) in [6.07, 6.45) is 1.60. The van der Waals surface area contributed by atoms with Crippen molar-refractivity contribution in [3.8, 4) is 0 Å². The van der Waals surface area contributed by atoms with E-state index in [1.165, 1.54) is 24.3 Å². The fraction of sp³-hybridized carbons (Fsp3) is 0.318. The Morgan fingerprint density at radius 3 is 2.59 bits per heavy atom. The summed E-state index contributed by atoms with van der Waals surface area (Å²) in [5.41, 5.74) is 1.33. The minimum Gasteiger partial charge on any atom is -0.462 e. The molecule has 29 heavy (non-hydrogen) atoms. The first-order valence-electron chi connectivity index (χ1n) is 9.68. The van der Waals surface area contributed by atoms with Crippen molar-refractivity contribution < 1.29 is 23.5 Å². The summed E-state index contributed by atoms with van der Waals surface area (Å²) in [4.78, 5) is 37.5. The molecule has 148 valence electrons. The molecule has 1 aliphatic heterocycles. The van der Waals surface area contributed by atoms with Crippen LogP contribution in [0.25, 0.3) is 0 Å². The molecule has 3 aliphatic rings. The van der Waals surface area contributed by atoms with Crippen LogP contribution < -0.4 is 10.6 Å². The molecule has 3 fully saturated rings. The van der Waals surface area contributed by atoms with E-state index in [4.69, 9.17) is 4.74 Å². The van der Waals surface area contributed by atoms with Crippen LogP contribution in [0.15, 0.2) is 48.5 Å². The summed E-state index contributed by atoms with van der Waals surface area (Å²) < 4.78 is 18.4. The number of esters is 1. The van der Waals surface area contributed by atoms with Gasteiger partial charge in [-0.05, 0) is 61.2 Å². The van der Waals surface area contributed by atoms with Crippen LogP contribution >= 0.6 is 0 Å². The SMILES string of the molecule is O=C(Nc1ccc(F)cc1)c1cccc(NC(=O)[C@@H]2[C@H]3C[C@H]4[C@H]2C(=O)O[C@H]4C3)c1. The molecule has 6 nitrogen and oxygen atoms in total. The number of nitrogens with one attached hydrogen (secondary N) is 2. The van der Waals surface area contributed by atoms with Gasteiger partial charge in [0, 0.05) is 22.9 Å². The summed E-state index contributed by atoms with van der Waals surface area (Å²) in [5.74, 6) is -1.58. The zero-order chi connectivity index (χ0) is 20.1. The highest BCUT2D eigenvalue weighted by molar-refractivity contribution is 6.05. The van der Waals surface area contributed by atoms with Crippen LogP contribution in [0.3, 0.4) is 0 Å². The zero-order valence-electron chi connectivity index (χ0n) is 15.4. The van der Waals surface area contributed by atoms with Gasteiger partial charge in [0.1, 0.15) is 11.9 Å². The number of fused-ring (bicyclic) bond motifs is 1. The Labute approximate surface area is 166 Å². The third-order valence-corrected chi connectivity index (χ3v) is 6.28. The maximum Gasteiger partial charge on any atom is 0.310 e. The molecule has 5 rings (SSSR count). The Balaban J connectivity index is 1.29. The first-order chi connectivity index (χ1) is 14.0.